The Morgan fingerprint density at radius 2 is 1.94 bits per heavy atom. The van der Waals surface area contributed by atoms with E-state index in [1.807, 2.05) is 11.5 Å². The number of benzene rings is 1. The maximum atomic E-state index is 12.6. The van der Waals surface area contributed by atoms with E-state index in [-0.39, 0.29) is 17.2 Å². The Hall–Kier alpha value is -2.46. The monoisotopic (exact) mass is 450 g/mol. The molecule has 0 radical (unpaired) electrons. The Labute approximate surface area is 182 Å². The quantitative estimate of drug-likeness (QED) is 0.615. The van der Waals surface area contributed by atoms with Crippen LogP contribution in [0.4, 0.5) is 0 Å². The van der Waals surface area contributed by atoms with Gasteiger partial charge in [-0.05, 0) is 38.0 Å². The van der Waals surface area contributed by atoms with Crippen molar-refractivity contribution in [3.8, 4) is 0 Å². The van der Waals surface area contributed by atoms with Gasteiger partial charge in [0.1, 0.15) is 11.4 Å². The summed E-state index contributed by atoms with van der Waals surface area (Å²) >= 11 is 0. The highest BCUT2D eigenvalue weighted by Crippen LogP contribution is 2.31. The average Bonchev–Trinajstić information content (AvgIpc) is 3.35. The summed E-state index contributed by atoms with van der Waals surface area (Å²) in [5.74, 6) is 0.0808. The maximum Gasteiger partial charge on any atom is 0.331 e. The fraction of sp³-hybridized carbons (Fsp3) is 0.571. The summed E-state index contributed by atoms with van der Waals surface area (Å²) in [6.07, 6.45) is 3.47. The van der Waals surface area contributed by atoms with E-state index >= 15 is 0 Å². The van der Waals surface area contributed by atoms with E-state index in [0.717, 1.165) is 22.7 Å². The van der Waals surface area contributed by atoms with Crippen LogP contribution in [0.25, 0.3) is 11.0 Å². The normalized spacial score (nSPS) is 16.0. The third kappa shape index (κ3) is 4.45. The first-order valence-corrected chi connectivity index (χ1v) is 11.9. The minimum atomic E-state index is -3.56. The third-order valence-electron chi connectivity index (χ3n) is 5.88. The molecule has 0 aliphatic heterocycles. The SMILES string of the molecule is CCn1c(CCC(=O)NC2(C(=O)OC)CCCC2)nc2cc(S(=O)(=O)N(C)C)ccc21. The lowest BCUT2D eigenvalue weighted by Gasteiger charge is -2.27. The number of hydrogen-bond acceptors (Lipinski definition) is 6. The molecule has 0 bridgehead atoms. The van der Waals surface area contributed by atoms with Crippen molar-refractivity contribution in [3.63, 3.8) is 0 Å². The minimum Gasteiger partial charge on any atom is -0.467 e. The number of aryl methyl sites for hydroxylation is 2. The number of amides is 1. The molecule has 1 saturated carbocycles. The van der Waals surface area contributed by atoms with E-state index in [1.54, 1.807) is 18.2 Å². The molecule has 1 aromatic heterocycles. The van der Waals surface area contributed by atoms with Gasteiger partial charge in [-0.1, -0.05) is 12.8 Å². The lowest BCUT2D eigenvalue weighted by molar-refractivity contribution is -0.150. The van der Waals surface area contributed by atoms with E-state index < -0.39 is 21.5 Å². The average molecular weight is 451 g/mol. The Morgan fingerprint density at radius 3 is 2.52 bits per heavy atom. The standard InChI is InChI=1S/C21H30N4O5S/c1-5-25-17-9-8-15(31(28,29)24(2)3)14-16(17)22-18(25)10-11-19(26)23-21(20(27)30-4)12-6-7-13-21/h8-9,14H,5-7,10-13H2,1-4H3,(H,23,26). The molecule has 1 aromatic carbocycles. The second-order valence-electron chi connectivity index (χ2n) is 8.04. The molecule has 1 aliphatic rings. The van der Waals surface area contributed by atoms with Crippen LogP contribution < -0.4 is 5.32 Å². The summed E-state index contributed by atoms with van der Waals surface area (Å²) in [5, 5.41) is 2.89. The molecule has 1 aliphatic carbocycles. The first kappa shape index (κ1) is 23.2. The molecule has 3 rings (SSSR count). The zero-order valence-corrected chi connectivity index (χ0v) is 19.3. The van der Waals surface area contributed by atoms with E-state index in [9.17, 15) is 18.0 Å². The Kier molecular flexibility index (Phi) is 6.70. The van der Waals surface area contributed by atoms with E-state index in [2.05, 4.69) is 10.3 Å². The molecule has 1 N–H and O–H groups in total. The molecule has 0 unspecified atom stereocenters. The molecule has 0 spiro atoms. The van der Waals surface area contributed by atoms with Gasteiger partial charge in [-0.3, -0.25) is 4.79 Å². The molecule has 9 nitrogen and oxygen atoms in total. The number of methoxy groups -OCH3 is 1. The molecule has 170 valence electrons. The van der Waals surface area contributed by atoms with Crippen molar-refractivity contribution in [2.24, 2.45) is 0 Å². The van der Waals surface area contributed by atoms with E-state index in [1.165, 1.54) is 21.2 Å². The van der Waals surface area contributed by atoms with Crippen molar-refractivity contribution in [2.45, 2.75) is 62.4 Å². The molecule has 0 saturated heterocycles. The summed E-state index contributed by atoms with van der Waals surface area (Å²) < 4.78 is 32.9. The second-order valence-corrected chi connectivity index (χ2v) is 10.2. The Morgan fingerprint density at radius 1 is 1.26 bits per heavy atom. The maximum absolute atomic E-state index is 12.6. The zero-order valence-electron chi connectivity index (χ0n) is 18.5. The number of fused-ring (bicyclic) bond motifs is 1. The number of carbonyl (C=O) groups excluding carboxylic acids is 2. The summed E-state index contributed by atoms with van der Waals surface area (Å²) in [5.41, 5.74) is 0.464. The number of aromatic nitrogens is 2. The Balaban J connectivity index is 1.79. The van der Waals surface area contributed by atoms with Crippen LogP contribution in [0.2, 0.25) is 0 Å². The number of carbonyl (C=O) groups is 2. The van der Waals surface area contributed by atoms with Crippen LogP contribution in [-0.2, 0) is 37.3 Å². The second kappa shape index (κ2) is 8.96. The van der Waals surface area contributed by atoms with Gasteiger partial charge in [0.15, 0.2) is 0 Å². The predicted octanol–water partition coefficient (Wildman–Crippen LogP) is 1.84. The smallest absolute Gasteiger partial charge is 0.331 e. The van der Waals surface area contributed by atoms with Crippen LogP contribution in [0.3, 0.4) is 0 Å². The van der Waals surface area contributed by atoms with Gasteiger partial charge in [0.05, 0.1) is 23.0 Å². The van der Waals surface area contributed by atoms with Gasteiger partial charge in [0, 0.05) is 33.5 Å². The highest BCUT2D eigenvalue weighted by molar-refractivity contribution is 7.89. The van der Waals surface area contributed by atoms with Gasteiger partial charge in [0.2, 0.25) is 15.9 Å². The van der Waals surface area contributed by atoms with E-state index in [0.29, 0.717) is 37.1 Å². The number of esters is 1. The first-order valence-electron chi connectivity index (χ1n) is 10.5. The number of hydrogen-bond donors (Lipinski definition) is 1. The highest BCUT2D eigenvalue weighted by atomic mass is 32.2. The molecule has 2 aromatic rings. The molecule has 0 atom stereocenters. The lowest BCUT2D eigenvalue weighted by Crippen LogP contribution is -2.53. The summed E-state index contributed by atoms with van der Waals surface area (Å²) in [7, 11) is 0.749. The lowest BCUT2D eigenvalue weighted by atomic mass is 9.97. The number of nitrogens with one attached hydrogen (secondary N) is 1. The molecule has 1 amide bonds. The number of rotatable bonds is 8. The third-order valence-corrected chi connectivity index (χ3v) is 7.69. The fourth-order valence-corrected chi connectivity index (χ4v) is 5.11. The predicted molar refractivity (Wildman–Crippen MR) is 116 cm³/mol. The summed E-state index contributed by atoms with van der Waals surface area (Å²) in [4.78, 5) is 29.6. The zero-order chi connectivity index (χ0) is 22.8. The summed E-state index contributed by atoms with van der Waals surface area (Å²) in [6.45, 7) is 2.61. The minimum absolute atomic E-state index is 0.172. The van der Waals surface area contributed by atoms with Gasteiger partial charge < -0.3 is 14.6 Å². The first-order chi connectivity index (χ1) is 14.6. The topological polar surface area (TPSA) is 111 Å². The van der Waals surface area contributed by atoms with Crippen LogP contribution in [0, 0.1) is 0 Å². The molecule has 10 heteroatoms. The fourth-order valence-electron chi connectivity index (χ4n) is 4.18. The molecule has 31 heavy (non-hydrogen) atoms. The highest BCUT2D eigenvalue weighted by Gasteiger charge is 2.43. The van der Waals surface area contributed by atoms with Gasteiger partial charge in [0.25, 0.3) is 0 Å². The largest absolute Gasteiger partial charge is 0.467 e. The van der Waals surface area contributed by atoms with Crippen LogP contribution in [0.1, 0.15) is 44.9 Å². The van der Waals surface area contributed by atoms with Crippen LogP contribution in [-0.4, -0.2) is 60.9 Å². The van der Waals surface area contributed by atoms with Crippen molar-refractivity contribution in [2.75, 3.05) is 21.2 Å². The number of imidazole rings is 1. The van der Waals surface area contributed by atoms with Crippen molar-refractivity contribution in [1.82, 2.24) is 19.2 Å². The summed E-state index contributed by atoms with van der Waals surface area (Å²) in [6, 6.07) is 4.88. The molecule has 1 fully saturated rings. The number of sulfonamides is 1. The Bertz CT molecular complexity index is 1080. The van der Waals surface area contributed by atoms with Crippen molar-refractivity contribution >= 4 is 32.9 Å². The van der Waals surface area contributed by atoms with Crippen LogP contribution >= 0.6 is 0 Å². The molecule has 1 heterocycles. The van der Waals surface area contributed by atoms with Crippen molar-refractivity contribution < 1.29 is 22.7 Å². The van der Waals surface area contributed by atoms with Crippen LogP contribution in [0.15, 0.2) is 23.1 Å². The van der Waals surface area contributed by atoms with Gasteiger partial charge in [-0.25, -0.2) is 22.5 Å². The van der Waals surface area contributed by atoms with Crippen LogP contribution in [0.5, 0.6) is 0 Å². The molecular formula is C21H30N4O5S. The van der Waals surface area contributed by atoms with Gasteiger partial charge >= 0.3 is 5.97 Å². The van der Waals surface area contributed by atoms with E-state index in [4.69, 9.17) is 4.74 Å². The van der Waals surface area contributed by atoms with Gasteiger partial charge in [-0.2, -0.15) is 0 Å². The molecular weight excluding hydrogens is 420 g/mol. The number of nitrogens with zero attached hydrogens (tertiary/aromatic N) is 3. The number of ether oxygens (including phenoxy) is 1. The van der Waals surface area contributed by atoms with Crippen molar-refractivity contribution in [1.29, 1.82) is 0 Å². The van der Waals surface area contributed by atoms with Gasteiger partial charge in [-0.15, -0.1) is 0 Å². The van der Waals surface area contributed by atoms with Crippen molar-refractivity contribution in [3.05, 3.63) is 24.0 Å².